The molecule has 0 N–H and O–H groups in total. The van der Waals surface area contributed by atoms with Crippen LogP contribution in [0.1, 0.15) is 21.5 Å². The second-order valence-electron chi connectivity index (χ2n) is 7.06. The van der Waals surface area contributed by atoms with Crippen LogP contribution in [0.5, 0.6) is 28.7 Å². The van der Waals surface area contributed by atoms with Crippen molar-refractivity contribution < 1.29 is 28.5 Å². The van der Waals surface area contributed by atoms with Gasteiger partial charge >= 0.3 is 0 Å². The zero-order valence-electron chi connectivity index (χ0n) is 19.2. The van der Waals surface area contributed by atoms with Crippen molar-refractivity contribution >= 4 is 35.1 Å². The maximum absolute atomic E-state index is 12.8. The highest BCUT2D eigenvalue weighted by Crippen LogP contribution is 2.39. The van der Waals surface area contributed by atoms with Crippen LogP contribution in [0.15, 0.2) is 54.6 Å². The predicted octanol–water partition coefficient (Wildman–Crippen LogP) is 6.50. The SMILES string of the molecule is COc1cc(/C=C/C(=O)c2cc(OC)c(OC)c(OC)c2)cc(Cl)c1OCc1cccc(Cl)c1. The first-order valence-corrected chi connectivity index (χ1v) is 10.9. The highest BCUT2D eigenvalue weighted by molar-refractivity contribution is 6.32. The number of carbonyl (C=O) groups excluding carboxylic acids is 1. The lowest BCUT2D eigenvalue weighted by Gasteiger charge is -2.14. The molecule has 0 bridgehead atoms. The molecule has 34 heavy (non-hydrogen) atoms. The zero-order chi connectivity index (χ0) is 24.7. The summed E-state index contributed by atoms with van der Waals surface area (Å²) < 4.78 is 27.3. The van der Waals surface area contributed by atoms with Gasteiger partial charge in [0, 0.05) is 10.6 Å². The Morgan fingerprint density at radius 1 is 0.824 bits per heavy atom. The van der Waals surface area contributed by atoms with Gasteiger partial charge in [-0.05, 0) is 53.6 Å². The molecular weight excluding hydrogens is 479 g/mol. The van der Waals surface area contributed by atoms with Crippen LogP contribution in [0.2, 0.25) is 10.0 Å². The first-order chi connectivity index (χ1) is 16.4. The van der Waals surface area contributed by atoms with Crippen LogP contribution in [-0.4, -0.2) is 34.2 Å². The van der Waals surface area contributed by atoms with E-state index in [1.807, 2.05) is 18.2 Å². The quantitative estimate of drug-likeness (QED) is 0.232. The third-order valence-electron chi connectivity index (χ3n) is 4.90. The van der Waals surface area contributed by atoms with Crippen LogP contribution in [0.4, 0.5) is 0 Å². The fourth-order valence-corrected chi connectivity index (χ4v) is 3.74. The summed E-state index contributed by atoms with van der Waals surface area (Å²) >= 11 is 12.5. The third kappa shape index (κ3) is 5.95. The van der Waals surface area contributed by atoms with Crippen LogP contribution in [0, 0.1) is 0 Å². The van der Waals surface area contributed by atoms with E-state index in [4.69, 9.17) is 46.9 Å². The molecule has 3 aromatic rings. The van der Waals surface area contributed by atoms with Crippen LogP contribution >= 0.6 is 23.2 Å². The Hall–Kier alpha value is -3.35. The minimum atomic E-state index is -0.254. The highest BCUT2D eigenvalue weighted by atomic mass is 35.5. The van der Waals surface area contributed by atoms with Crippen molar-refractivity contribution in [2.75, 3.05) is 28.4 Å². The van der Waals surface area contributed by atoms with E-state index in [-0.39, 0.29) is 12.4 Å². The molecule has 0 atom stereocenters. The molecule has 3 rings (SSSR count). The van der Waals surface area contributed by atoms with E-state index in [9.17, 15) is 4.79 Å². The third-order valence-corrected chi connectivity index (χ3v) is 5.42. The van der Waals surface area contributed by atoms with Gasteiger partial charge in [0.25, 0.3) is 0 Å². The van der Waals surface area contributed by atoms with Gasteiger partial charge in [-0.15, -0.1) is 0 Å². The highest BCUT2D eigenvalue weighted by Gasteiger charge is 2.16. The summed E-state index contributed by atoms with van der Waals surface area (Å²) in [5.41, 5.74) is 1.94. The molecule has 0 heterocycles. The van der Waals surface area contributed by atoms with Crippen molar-refractivity contribution in [2.24, 2.45) is 0 Å². The molecule has 0 amide bonds. The summed E-state index contributed by atoms with van der Waals surface area (Å²) in [5.74, 6) is 1.78. The molecule has 0 saturated carbocycles. The second kappa shape index (κ2) is 11.7. The van der Waals surface area contributed by atoms with Crippen molar-refractivity contribution in [1.29, 1.82) is 0 Å². The molecule has 0 saturated heterocycles. The molecule has 178 valence electrons. The number of allylic oxidation sites excluding steroid dienone is 1. The number of hydrogen-bond acceptors (Lipinski definition) is 6. The van der Waals surface area contributed by atoms with Gasteiger partial charge in [0.2, 0.25) is 5.75 Å². The Balaban J connectivity index is 1.82. The Bertz CT molecular complexity index is 1180. The molecule has 0 radical (unpaired) electrons. The van der Waals surface area contributed by atoms with E-state index in [1.165, 1.54) is 34.5 Å². The number of methoxy groups -OCH3 is 4. The van der Waals surface area contributed by atoms with Crippen molar-refractivity contribution in [3.8, 4) is 28.7 Å². The van der Waals surface area contributed by atoms with E-state index < -0.39 is 0 Å². The summed E-state index contributed by atoms with van der Waals surface area (Å²) in [6, 6.07) is 14.0. The molecular formula is C26H24Cl2O6. The first kappa shape index (κ1) is 25.3. The van der Waals surface area contributed by atoms with E-state index >= 15 is 0 Å². The largest absolute Gasteiger partial charge is 0.493 e. The van der Waals surface area contributed by atoms with Crippen LogP contribution in [0.3, 0.4) is 0 Å². The number of hydrogen-bond donors (Lipinski definition) is 0. The molecule has 0 spiro atoms. The van der Waals surface area contributed by atoms with Gasteiger partial charge in [-0.3, -0.25) is 4.79 Å². The molecule has 3 aromatic carbocycles. The van der Waals surface area contributed by atoms with Gasteiger partial charge in [-0.2, -0.15) is 0 Å². The fourth-order valence-electron chi connectivity index (χ4n) is 3.25. The van der Waals surface area contributed by atoms with Crippen LogP contribution in [0.25, 0.3) is 6.08 Å². The Labute approximate surface area is 208 Å². The topological polar surface area (TPSA) is 63.2 Å². The Morgan fingerprint density at radius 3 is 2.06 bits per heavy atom. The fraction of sp³-hybridized carbons (Fsp3) is 0.192. The molecule has 8 heteroatoms. The molecule has 0 unspecified atom stereocenters. The normalized spacial score (nSPS) is 10.8. The molecule has 0 aliphatic rings. The van der Waals surface area contributed by atoms with Gasteiger partial charge in [0.1, 0.15) is 6.61 Å². The molecule has 0 aromatic heterocycles. The summed E-state index contributed by atoms with van der Waals surface area (Å²) in [7, 11) is 6.01. The van der Waals surface area contributed by atoms with E-state index in [0.717, 1.165) is 5.56 Å². The second-order valence-corrected chi connectivity index (χ2v) is 7.91. The summed E-state index contributed by atoms with van der Waals surface area (Å²) in [6.45, 7) is 0.269. The van der Waals surface area contributed by atoms with E-state index in [0.29, 0.717) is 49.9 Å². The van der Waals surface area contributed by atoms with Crippen LogP contribution < -0.4 is 23.7 Å². The van der Waals surface area contributed by atoms with Crippen molar-refractivity contribution in [3.63, 3.8) is 0 Å². The number of halogens is 2. The summed E-state index contributed by atoms with van der Waals surface area (Å²) in [4.78, 5) is 12.8. The number of carbonyl (C=O) groups is 1. The number of ketones is 1. The van der Waals surface area contributed by atoms with Gasteiger partial charge in [0.15, 0.2) is 28.8 Å². The lowest BCUT2D eigenvalue weighted by molar-refractivity contribution is 0.104. The lowest BCUT2D eigenvalue weighted by Crippen LogP contribution is -2.01. The monoisotopic (exact) mass is 502 g/mol. The maximum atomic E-state index is 12.8. The maximum Gasteiger partial charge on any atom is 0.203 e. The standard InChI is InChI=1S/C26H24Cl2O6/c1-30-22-12-16(11-20(28)25(22)34-15-17-6-5-7-19(27)10-17)8-9-21(29)18-13-23(31-2)26(33-4)24(14-18)32-3/h5-14H,15H2,1-4H3/b9-8+. The van der Waals surface area contributed by atoms with Gasteiger partial charge in [0.05, 0.1) is 33.5 Å². The van der Waals surface area contributed by atoms with Crippen molar-refractivity contribution in [2.45, 2.75) is 6.61 Å². The number of ether oxygens (including phenoxy) is 5. The van der Waals surface area contributed by atoms with E-state index in [1.54, 1.807) is 36.4 Å². The molecule has 0 aliphatic carbocycles. The minimum Gasteiger partial charge on any atom is -0.493 e. The summed E-state index contributed by atoms with van der Waals surface area (Å²) in [6.07, 6.45) is 3.07. The molecule has 6 nitrogen and oxygen atoms in total. The van der Waals surface area contributed by atoms with E-state index in [2.05, 4.69) is 0 Å². The van der Waals surface area contributed by atoms with Crippen molar-refractivity contribution in [1.82, 2.24) is 0 Å². The molecule has 0 aliphatic heterocycles. The zero-order valence-corrected chi connectivity index (χ0v) is 20.7. The van der Waals surface area contributed by atoms with Gasteiger partial charge < -0.3 is 23.7 Å². The smallest absolute Gasteiger partial charge is 0.203 e. The Morgan fingerprint density at radius 2 is 1.47 bits per heavy atom. The Kier molecular flexibility index (Phi) is 8.68. The number of rotatable bonds is 10. The average Bonchev–Trinajstić information content (AvgIpc) is 2.85. The van der Waals surface area contributed by atoms with Gasteiger partial charge in [-0.1, -0.05) is 41.4 Å². The minimum absolute atomic E-state index is 0.254. The lowest BCUT2D eigenvalue weighted by atomic mass is 10.1. The predicted molar refractivity (Wildman–Crippen MR) is 133 cm³/mol. The van der Waals surface area contributed by atoms with Gasteiger partial charge in [-0.25, -0.2) is 0 Å². The van der Waals surface area contributed by atoms with Crippen molar-refractivity contribution in [3.05, 3.63) is 81.3 Å². The van der Waals surface area contributed by atoms with Crippen LogP contribution in [-0.2, 0) is 6.61 Å². The number of benzene rings is 3. The average molecular weight is 503 g/mol. The molecule has 0 fully saturated rings. The summed E-state index contributed by atoms with van der Waals surface area (Å²) in [5, 5.41) is 0.970. The first-order valence-electron chi connectivity index (χ1n) is 10.2.